The Labute approximate surface area is 126 Å². The van der Waals surface area contributed by atoms with Crippen LogP contribution < -0.4 is 10.1 Å². The Balaban J connectivity index is 1.79. The second-order valence-corrected chi connectivity index (χ2v) is 5.07. The number of amides is 1. The van der Waals surface area contributed by atoms with Gasteiger partial charge in [-0.2, -0.15) is 0 Å². The SMILES string of the molecule is O=C1N[C@H](c2ccccc2O)N=C2Oc3ccccc3C=C12. The summed E-state index contributed by atoms with van der Waals surface area (Å²) in [4.78, 5) is 16.7. The van der Waals surface area contributed by atoms with E-state index in [9.17, 15) is 9.90 Å². The van der Waals surface area contributed by atoms with Crippen LogP contribution in [0.4, 0.5) is 0 Å². The van der Waals surface area contributed by atoms with Gasteiger partial charge in [-0.3, -0.25) is 4.79 Å². The number of carbonyl (C=O) groups is 1. The van der Waals surface area contributed by atoms with Crippen molar-refractivity contribution in [3.63, 3.8) is 0 Å². The van der Waals surface area contributed by atoms with Crippen molar-refractivity contribution in [2.45, 2.75) is 6.17 Å². The van der Waals surface area contributed by atoms with E-state index in [-0.39, 0.29) is 17.6 Å². The summed E-state index contributed by atoms with van der Waals surface area (Å²) >= 11 is 0. The highest BCUT2D eigenvalue weighted by Gasteiger charge is 2.32. The number of phenols is 1. The molecule has 0 aliphatic carbocycles. The van der Waals surface area contributed by atoms with Gasteiger partial charge in [0.05, 0.1) is 0 Å². The minimum atomic E-state index is -0.661. The van der Waals surface area contributed by atoms with Crippen molar-refractivity contribution in [2.75, 3.05) is 0 Å². The molecule has 0 saturated heterocycles. The third-order valence-corrected chi connectivity index (χ3v) is 3.65. The summed E-state index contributed by atoms with van der Waals surface area (Å²) in [7, 11) is 0. The lowest BCUT2D eigenvalue weighted by Crippen LogP contribution is -2.39. The van der Waals surface area contributed by atoms with E-state index in [0.717, 1.165) is 5.56 Å². The predicted molar refractivity (Wildman–Crippen MR) is 81.5 cm³/mol. The van der Waals surface area contributed by atoms with Crippen molar-refractivity contribution < 1.29 is 14.6 Å². The first kappa shape index (κ1) is 12.6. The molecule has 1 atom stereocenters. The standard InChI is InChI=1S/C17H12N2O3/c20-13-7-3-2-6-11(13)15-18-16(21)12-9-10-5-1-4-8-14(10)22-17(12)19-15/h1-9,15,20H,(H,18,21)/t15-/m0/s1. The van der Waals surface area contributed by atoms with Gasteiger partial charge in [-0.05, 0) is 18.2 Å². The lowest BCUT2D eigenvalue weighted by molar-refractivity contribution is -0.118. The highest BCUT2D eigenvalue weighted by atomic mass is 16.5. The van der Waals surface area contributed by atoms with E-state index in [2.05, 4.69) is 10.3 Å². The highest BCUT2D eigenvalue weighted by Crippen LogP contribution is 2.33. The van der Waals surface area contributed by atoms with Gasteiger partial charge in [0.25, 0.3) is 5.91 Å². The van der Waals surface area contributed by atoms with Gasteiger partial charge in [0.1, 0.15) is 17.1 Å². The summed E-state index contributed by atoms with van der Waals surface area (Å²) < 4.78 is 5.74. The Morgan fingerprint density at radius 1 is 1.09 bits per heavy atom. The molecule has 5 nitrogen and oxygen atoms in total. The van der Waals surface area contributed by atoms with Gasteiger partial charge < -0.3 is 15.2 Å². The minimum absolute atomic E-state index is 0.0841. The second kappa shape index (κ2) is 4.73. The molecule has 0 radical (unpaired) electrons. The van der Waals surface area contributed by atoms with Crippen LogP contribution in [0, 0.1) is 0 Å². The number of para-hydroxylation sites is 2. The largest absolute Gasteiger partial charge is 0.508 e. The number of phenolic OH excluding ortho intramolecular Hbond substituents is 1. The van der Waals surface area contributed by atoms with E-state index < -0.39 is 6.17 Å². The Hall–Kier alpha value is -3.08. The number of nitrogens with zero attached hydrogens (tertiary/aromatic N) is 1. The van der Waals surface area contributed by atoms with E-state index in [4.69, 9.17) is 4.74 Å². The summed E-state index contributed by atoms with van der Waals surface area (Å²) in [5.41, 5.74) is 1.77. The zero-order chi connectivity index (χ0) is 15.1. The summed E-state index contributed by atoms with van der Waals surface area (Å²) in [5, 5.41) is 12.7. The van der Waals surface area contributed by atoms with Gasteiger partial charge >= 0.3 is 0 Å². The molecule has 1 amide bonds. The topological polar surface area (TPSA) is 70.9 Å². The van der Waals surface area contributed by atoms with Crippen molar-refractivity contribution >= 4 is 17.9 Å². The van der Waals surface area contributed by atoms with Crippen LogP contribution in [-0.2, 0) is 4.79 Å². The second-order valence-electron chi connectivity index (χ2n) is 5.07. The van der Waals surface area contributed by atoms with Gasteiger partial charge in [-0.25, -0.2) is 4.99 Å². The number of carbonyl (C=O) groups excluding carboxylic acids is 1. The fraction of sp³-hybridized carbons (Fsp3) is 0.0588. The molecule has 0 saturated carbocycles. The maximum atomic E-state index is 12.3. The lowest BCUT2D eigenvalue weighted by Gasteiger charge is -2.27. The summed E-state index contributed by atoms with van der Waals surface area (Å²) in [5.74, 6) is 0.750. The van der Waals surface area contributed by atoms with Crippen molar-refractivity contribution in [3.05, 3.63) is 65.2 Å². The van der Waals surface area contributed by atoms with Gasteiger partial charge in [0.15, 0.2) is 6.17 Å². The normalized spacial score (nSPS) is 19.1. The van der Waals surface area contributed by atoms with Crippen LogP contribution in [0.25, 0.3) is 6.08 Å². The molecule has 5 heteroatoms. The molecule has 4 rings (SSSR count). The Bertz CT molecular complexity index is 839. The van der Waals surface area contributed by atoms with E-state index >= 15 is 0 Å². The van der Waals surface area contributed by atoms with E-state index in [1.807, 2.05) is 24.3 Å². The molecule has 0 spiro atoms. The molecule has 2 aromatic rings. The molecule has 2 N–H and O–H groups in total. The molecule has 0 unspecified atom stereocenters. The number of rotatable bonds is 1. The molecule has 22 heavy (non-hydrogen) atoms. The van der Waals surface area contributed by atoms with Crippen molar-refractivity contribution in [1.29, 1.82) is 0 Å². The number of nitrogens with one attached hydrogen (secondary N) is 1. The number of hydrogen-bond acceptors (Lipinski definition) is 4. The van der Waals surface area contributed by atoms with Crippen molar-refractivity contribution in [2.24, 2.45) is 4.99 Å². The van der Waals surface area contributed by atoms with Crippen LogP contribution in [0.1, 0.15) is 17.3 Å². The van der Waals surface area contributed by atoms with Crippen molar-refractivity contribution in [1.82, 2.24) is 5.32 Å². The maximum absolute atomic E-state index is 12.3. The van der Waals surface area contributed by atoms with E-state index in [0.29, 0.717) is 16.9 Å². The van der Waals surface area contributed by atoms with Gasteiger partial charge in [0, 0.05) is 11.1 Å². The first-order chi connectivity index (χ1) is 10.7. The first-order valence-electron chi connectivity index (χ1n) is 6.88. The van der Waals surface area contributed by atoms with Crippen LogP contribution in [0.2, 0.25) is 0 Å². The Morgan fingerprint density at radius 3 is 2.73 bits per heavy atom. The minimum Gasteiger partial charge on any atom is -0.508 e. The molecule has 2 aromatic carbocycles. The molecule has 0 fully saturated rings. The molecule has 2 aliphatic heterocycles. The van der Waals surface area contributed by atoms with Crippen LogP contribution in [0.3, 0.4) is 0 Å². The predicted octanol–water partition coefficient (Wildman–Crippen LogP) is 2.40. The first-order valence-corrected chi connectivity index (χ1v) is 6.88. The highest BCUT2D eigenvalue weighted by molar-refractivity contribution is 6.24. The van der Waals surface area contributed by atoms with Crippen LogP contribution in [0.5, 0.6) is 11.5 Å². The molecule has 2 aliphatic rings. The molecular formula is C17H12N2O3. The summed E-state index contributed by atoms with van der Waals surface area (Å²) in [6.45, 7) is 0. The average molecular weight is 292 g/mol. The number of fused-ring (bicyclic) bond motifs is 2. The smallest absolute Gasteiger partial charge is 0.258 e. The monoisotopic (exact) mass is 292 g/mol. The average Bonchev–Trinajstić information content (AvgIpc) is 2.53. The fourth-order valence-electron chi connectivity index (χ4n) is 2.55. The zero-order valence-corrected chi connectivity index (χ0v) is 11.5. The quantitative estimate of drug-likeness (QED) is 0.848. The van der Waals surface area contributed by atoms with E-state index in [1.54, 1.807) is 30.3 Å². The van der Waals surface area contributed by atoms with Crippen LogP contribution >= 0.6 is 0 Å². The van der Waals surface area contributed by atoms with Crippen LogP contribution in [-0.4, -0.2) is 16.9 Å². The van der Waals surface area contributed by atoms with Gasteiger partial charge in [0.2, 0.25) is 5.90 Å². The molecule has 2 heterocycles. The number of aliphatic imine (C=N–C) groups is 1. The molecule has 0 bridgehead atoms. The molecule has 108 valence electrons. The third kappa shape index (κ3) is 1.95. The van der Waals surface area contributed by atoms with Gasteiger partial charge in [-0.15, -0.1) is 0 Å². The third-order valence-electron chi connectivity index (χ3n) is 3.65. The Morgan fingerprint density at radius 2 is 1.86 bits per heavy atom. The number of hydrogen-bond donors (Lipinski definition) is 2. The van der Waals surface area contributed by atoms with Crippen LogP contribution in [0.15, 0.2) is 59.1 Å². The summed E-state index contributed by atoms with van der Waals surface area (Å²) in [6.07, 6.45) is 1.10. The number of ether oxygens (including phenoxy) is 1. The molecular weight excluding hydrogens is 280 g/mol. The van der Waals surface area contributed by atoms with Gasteiger partial charge in [-0.1, -0.05) is 36.4 Å². The van der Waals surface area contributed by atoms with Crippen molar-refractivity contribution in [3.8, 4) is 11.5 Å². The zero-order valence-electron chi connectivity index (χ0n) is 11.5. The maximum Gasteiger partial charge on any atom is 0.258 e. The number of aromatic hydroxyl groups is 1. The van der Waals surface area contributed by atoms with E-state index in [1.165, 1.54) is 0 Å². The molecule has 0 aromatic heterocycles. The lowest BCUT2D eigenvalue weighted by atomic mass is 10.0. The summed E-state index contributed by atoms with van der Waals surface area (Å²) in [6, 6.07) is 14.2. The Kier molecular flexibility index (Phi) is 2.72. The number of benzene rings is 2. The fourth-order valence-corrected chi connectivity index (χ4v) is 2.55.